The summed E-state index contributed by atoms with van der Waals surface area (Å²) in [6, 6.07) is 5.50. The molecule has 0 spiro atoms. The molecule has 0 radical (unpaired) electrons. The lowest BCUT2D eigenvalue weighted by Crippen LogP contribution is -1.98. The molecule has 5 nitrogen and oxygen atoms in total. The van der Waals surface area contributed by atoms with Crippen LogP contribution < -0.4 is 5.73 Å². The first-order valence-corrected chi connectivity index (χ1v) is 6.24. The molecule has 0 atom stereocenters. The molecule has 0 heterocycles. The van der Waals surface area contributed by atoms with Crippen LogP contribution in [0.3, 0.4) is 0 Å². The van der Waals surface area contributed by atoms with E-state index in [-0.39, 0.29) is 10.6 Å². The van der Waals surface area contributed by atoms with E-state index in [2.05, 4.69) is 0 Å². The van der Waals surface area contributed by atoms with Crippen LogP contribution in [0.4, 0.5) is 5.69 Å². The maximum Gasteiger partial charge on any atom is 0.294 e. The highest BCUT2D eigenvalue weighted by Gasteiger charge is 2.14. The summed E-state index contributed by atoms with van der Waals surface area (Å²) in [5.41, 5.74) is 6.88. The van der Waals surface area contributed by atoms with Gasteiger partial charge in [0.1, 0.15) is 5.75 Å². The highest BCUT2D eigenvalue weighted by Crippen LogP contribution is 2.33. The third kappa shape index (κ3) is 1.92. The van der Waals surface area contributed by atoms with Gasteiger partial charge < -0.3 is 10.8 Å². The van der Waals surface area contributed by atoms with E-state index in [4.69, 9.17) is 10.3 Å². The number of nitrogens with two attached hydrogens (primary N) is 1. The lowest BCUT2D eigenvalue weighted by molar-refractivity contribution is 0.470. The van der Waals surface area contributed by atoms with Crippen LogP contribution in [0.25, 0.3) is 10.8 Å². The van der Waals surface area contributed by atoms with Crippen LogP contribution in [0.1, 0.15) is 5.56 Å². The fourth-order valence-corrected chi connectivity index (χ4v) is 2.30. The minimum absolute atomic E-state index is 0.222. The molecule has 0 aliphatic heterocycles. The van der Waals surface area contributed by atoms with Gasteiger partial charge in [-0.05, 0) is 30.0 Å². The quantitative estimate of drug-likeness (QED) is 0.530. The molecule has 0 amide bonds. The van der Waals surface area contributed by atoms with Gasteiger partial charge in [0.05, 0.1) is 4.90 Å². The molecule has 0 saturated carbocycles. The molecule has 0 unspecified atom stereocenters. The minimum Gasteiger partial charge on any atom is -0.507 e. The first kappa shape index (κ1) is 11.7. The van der Waals surface area contributed by atoms with Crippen LogP contribution in [0, 0.1) is 6.92 Å². The van der Waals surface area contributed by atoms with Gasteiger partial charge in [0, 0.05) is 17.1 Å². The Morgan fingerprint density at radius 1 is 1.24 bits per heavy atom. The van der Waals surface area contributed by atoms with Crippen molar-refractivity contribution in [2.75, 3.05) is 5.73 Å². The molecule has 2 rings (SSSR count). The summed E-state index contributed by atoms with van der Waals surface area (Å²) in [4.78, 5) is -0.341. The van der Waals surface area contributed by atoms with Gasteiger partial charge in [0.15, 0.2) is 0 Å². The van der Waals surface area contributed by atoms with Gasteiger partial charge >= 0.3 is 0 Å². The summed E-state index contributed by atoms with van der Waals surface area (Å²) < 4.78 is 30.9. The highest BCUT2D eigenvalue weighted by atomic mass is 32.2. The molecule has 4 N–H and O–H groups in total. The van der Waals surface area contributed by atoms with Crippen LogP contribution in [0.5, 0.6) is 5.75 Å². The SMILES string of the molecule is Cc1c(N)ccc2cc(S(=O)(=O)O)cc(O)c12. The first-order chi connectivity index (χ1) is 7.80. The maximum atomic E-state index is 11.0. The number of benzene rings is 2. The second kappa shape index (κ2) is 3.61. The number of hydrogen-bond acceptors (Lipinski definition) is 4. The van der Waals surface area contributed by atoms with Gasteiger partial charge in [-0.3, -0.25) is 4.55 Å². The molecule has 0 saturated heterocycles. The summed E-state index contributed by atoms with van der Waals surface area (Å²) in [5, 5.41) is 10.8. The Kier molecular flexibility index (Phi) is 2.48. The zero-order chi connectivity index (χ0) is 12.8. The summed E-state index contributed by atoms with van der Waals surface area (Å²) in [6.07, 6.45) is 0. The van der Waals surface area contributed by atoms with E-state index < -0.39 is 10.1 Å². The largest absolute Gasteiger partial charge is 0.507 e. The van der Waals surface area contributed by atoms with Crippen molar-refractivity contribution in [3.8, 4) is 5.75 Å². The Morgan fingerprint density at radius 2 is 1.88 bits per heavy atom. The first-order valence-electron chi connectivity index (χ1n) is 4.80. The number of fused-ring (bicyclic) bond motifs is 1. The van der Waals surface area contributed by atoms with Crippen LogP contribution in [0.15, 0.2) is 29.2 Å². The molecule has 90 valence electrons. The lowest BCUT2D eigenvalue weighted by atomic mass is 10.0. The maximum absolute atomic E-state index is 11.0. The number of rotatable bonds is 1. The molecule has 2 aromatic rings. The van der Waals surface area contributed by atoms with Crippen molar-refractivity contribution in [3.63, 3.8) is 0 Å². The minimum atomic E-state index is -4.33. The summed E-state index contributed by atoms with van der Waals surface area (Å²) in [6.45, 7) is 1.73. The molecule has 0 aromatic heterocycles. The van der Waals surface area contributed by atoms with E-state index in [9.17, 15) is 13.5 Å². The van der Waals surface area contributed by atoms with Crippen LogP contribution in [-0.2, 0) is 10.1 Å². The van der Waals surface area contributed by atoms with Crippen molar-refractivity contribution < 1.29 is 18.1 Å². The normalized spacial score (nSPS) is 11.9. The predicted octanol–water partition coefficient (Wildman–Crippen LogP) is 1.68. The number of anilines is 1. The average molecular weight is 253 g/mol. The van der Waals surface area contributed by atoms with E-state index >= 15 is 0 Å². The number of aryl methyl sites for hydroxylation is 1. The fourth-order valence-electron chi connectivity index (χ4n) is 1.76. The molecule has 0 bridgehead atoms. The van der Waals surface area contributed by atoms with Crippen molar-refractivity contribution in [2.45, 2.75) is 11.8 Å². The number of nitrogen functional groups attached to an aromatic ring is 1. The molecule has 17 heavy (non-hydrogen) atoms. The van der Waals surface area contributed by atoms with E-state index in [0.29, 0.717) is 22.0 Å². The van der Waals surface area contributed by atoms with Crippen molar-refractivity contribution in [2.24, 2.45) is 0 Å². The van der Waals surface area contributed by atoms with Gasteiger partial charge in [-0.25, -0.2) is 0 Å². The van der Waals surface area contributed by atoms with E-state index in [1.807, 2.05) is 0 Å². The van der Waals surface area contributed by atoms with E-state index in [0.717, 1.165) is 6.07 Å². The molecule has 6 heteroatoms. The molecule has 0 aliphatic rings. The van der Waals surface area contributed by atoms with Crippen molar-refractivity contribution in [3.05, 3.63) is 29.8 Å². The zero-order valence-corrected chi connectivity index (χ0v) is 9.82. The van der Waals surface area contributed by atoms with Gasteiger partial charge in [-0.2, -0.15) is 8.42 Å². The third-order valence-electron chi connectivity index (χ3n) is 2.67. The topological polar surface area (TPSA) is 101 Å². The zero-order valence-electron chi connectivity index (χ0n) is 9.01. The fraction of sp³-hybridized carbons (Fsp3) is 0.0909. The second-order valence-corrected chi connectivity index (χ2v) is 5.22. The van der Waals surface area contributed by atoms with Crippen molar-refractivity contribution in [1.29, 1.82) is 0 Å². The Balaban J connectivity index is 2.91. The van der Waals surface area contributed by atoms with Gasteiger partial charge in [-0.15, -0.1) is 0 Å². The third-order valence-corrected chi connectivity index (χ3v) is 3.50. The van der Waals surface area contributed by atoms with Crippen LogP contribution in [0.2, 0.25) is 0 Å². The molecule has 2 aromatic carbocycles. The van der Waals surface area contributed by atoms with Gasteiger partial charge in [0.2, 0.25) is 0 Å². The van der Waals surface area contributed by atoms with Gasteiger partial charge in [0.25, 0.3) is 10.1 Å². The summed E-state index contributed by atoms with van der Waals surface area (Å²) in [5.74, 6) is -0.222. The van der Waals surface area contributed by atoms with E-state index in [1.54, 1.807) is 19.1 Å². The number of aromatic hydroxyl groups is 1. The second-order valence-electron chi connectivity index (χ2n) is 3.80. The summed E-state index contributed by atoms with van der Waals surface area (Å²) >= 11 is 0. The Morgan fingerprint density at radius 3 is 2.47 bits per heavy atom. The number of phenolic OH excluding ortho intramolecular Hbond substituents is 1. The molecule has 0 aliphatic carbocycles. The lowest BCUT2D eigenvalue weighted by Gasteiger charge is -2.09. The van der Waals surface area contributed by atoms with E-state index in [1.165, 1.54) is 6.07 Å². The van der Waals surface area contributed by atoms with Crippen LogP contribution in [-0.4, -0.2) is 18.1 Å². The number of phenols is 1. The molecular weight excluding hydrogens is 242 g/mol. The Labute approximate surface area is 98.2 Å². The molecular formula is C11H11NO4S. The monoisotopic (exact) mass is 253 g/mol. The highest BCUT2D eigenvalue weighted by molar-refractivity contribution is 7.85. The Bertz CT molecular complexity index is 707. The predicted molar refractivity (Wildman–Crippen MR) is 64.6 cm³/mol. The van der Waals surface area contributed by atoms with Crippen molar-refractivity contribution >= 4 is 26.6 Å². The Hall–Kier alpha value is -1.79. The standard InChI is InChI=1S/C11H11NO4S/c1-6-9(12)3-2-7-4-8(17(14,15)16)5-10(13)11(6)7/h2-5,13H,12H2,1H3,(H,14,15,16). The van der Waals surface area contributed by atoms with Gasteiger partial charge in [-0.1, -0.05) is 6.07 Å². The molecule has 0 fully saturated rings. The average Bonchev–Trinajstić information content (AvgIpc) is 2.21. The summed E-state index contributed by atoms with van der Waals surface area (Å²) in [7, 11) is -4.33. The van der Waals surface area contributed by atoms with Crippen LogP contribution >= 0.6 is 0 Å². The number of hydrogen-bond donors (Lipinski definition) is 3. The smallest absolute Gasteiger partial charge is 0.294 e. The van der Waals surface area contributed by atoms with Crippen molar-refractivity contribution in [1.82, 2.24) is 0 Å².